The fourth-order valence-corrected chi connectivity index (χ4v) is 4.02. The maximum atomic E-state index is 11.2. The second kappa shape index (κ2) is 7.31. The quantitative estimate of drug-likeness (QED) is 0.568. The Labute approximate surface area is 143 Å². The zero-order valence-electron chi connectivity index (χ0n) is 14.4. The maximum Gasteiger partial charge on any atom is 0.269 e. The molecule has 0 amide bonds. The monoisotopic (exact) mass is 327 g/mol. The van der Waals surface area contributed by atoms with E-state index in [1.54, 1.807) is 12.1 Å². The van der Waals surface area contributed by atoms with Crippen molar-refractivity contribution >= 4 is 5.69 Å². The molecule has 1 fully saturated rings. The molecule has 24 heavy (non-hydrogen) atoms. The molecule has 0 bridgehead atoms. The van der Waals surface area contributed by atoms with E-state index >= 15 is 0 Å². The minimum atomic E-state index is -0.321. The van der Waals surface area contributed by atoms with Crippen molar-refractivity contribution in [1.82, 2.24) is 0 Å². The number of nitrogens with zero attached hydrogens (tertiary/aromatic N) is 1. The van der Waals surface area contributed by atoms with E-state index in [1.807, 2.05) is 13.0 Å². The number of benzene rings is 1. The number of hydrogen-bond acceptors (Lipinski definition) is 3. The van der Waals surface area contributed by atoms with Gasteiger partial charge in [0.05, 0.1) is 11.0 Å². The number of allylic oxidation sites excluding steroid dienone is 4. The number of ether oxygens (including phenoxy) is 1. The van der Waals surface area contributed by atoms with Crippen LogP contribution in [-0.2, 0) is 4.74 Å². The van der Waals surface area contributed by atoms with Gasteiger partial charge in [0.2, 0.25) is 0 Å². The van der Waals surface area contributed by atoms with Gasteiger partial charge in [-0.15, -0.1) is 0 Å². The van der Waals surface area contributed by atoms with Crippen molar-refractivity contribution in [3.05, 3.63) is 63.7 Å². The average Bonchev–Trinajstić information content (AvgIpc) is 2.62. The second-order valence-electron chi connectivity index (χ2n) is 6.97. The molecule has 1 unspecified atom stereocenters. The summed E-state index contributed by atoms with van der Waals surface area (Å²) in [6.45, 7) is 5.05. The van der Waals surface area contributed by atoms with E-state index in [1.165, 1.54) is 0 Å². The van der Waals surface area contributed by atoms with E-state index in [2.05, 4.69) is 31.2 Å². The topological polar surface area (TPSA) is 52.4 Å². The Kier molecular flexibility index (Phi) is 5.14. The fraction of sp³-hybridized carbons (Fsp3) is 0.500. The van der Waals surface area contributed by atoms with Crippen LogP contribution >= 0.6 is 0 Å². The molecule has 128 valence electrons. The summed E-state index contributed by atoms with van der Waals surface area (Å²) in [6.07, 6.45) is 11.9. The predicted octanol–water partition coefficient (Wildman–Crippen LogP) is 5.14. The normalized spacial score (nSPS) is 27.8. The van der Waals surface area contributed by atoms with Gasteiger partial charge in [-0.2, -0.15) is 0 Å². The molecule has 4 nitrogen and oxygen atoms in total. The van der Waals surface area contributed by atoms with Crippen LogP contribution in [-0.4, -0.2) is 11.5 Å². The van der Waals surface area contributed by atoms with Crippen LogP contribution in [0.25, 0.3) is 0 Å². The molecule has 1 aromatic carbocycles. The SMILES string of the molecule is Cc1ccc([N+](=O)[O-])cc1[C@H]1OCCC[C@H]1[C@@H](C)C1C=CC=CC1. The van der Waals surface area contributed by atoms with E-state index in [4.69, 9.17) is 4.74 Å². The van der Waals surface area contributed by atoms with Crippen molar-refractivity contribution in [3.63, 3.8) is 0 Å². The molecule has 0 saturated carbocycles. The minimum absolute atomic E-state index is 0.0482. The number of aryl methyl sites for hydroxylation is 1. The summed E-state index contributed by atoms with van der Waals surface area (Å²) in [5.41, 5.74) is 2.21. The molecular formula is C20H25NO3. The molecule has 1 aliphatic heterocycles. The van der Waals surface area contributed by atoms with Gasteiger partial charge in [0.15, 0.2) is 0 Å². The number of nitro groups is 1. The molecule has 1 saturated heterocycles. The highest BCUT2D eigenvalue weighted by Crippen LogP contribution is 2.43. The molecule has 1 aliphatic carbocycles. The molecular weight excluding hydrogens is 302 g/mol. The van der Waals surface area contributed by atoms with Crippen LogP contribution in [0.1, 0.15) is 43.4 Å². The van der Waals surface area contributed by atoms with Gasteiger partial charge in [-0.05, 0) is 55.1 Å². The van der Waals surface area contributed by atoms with Crippen molar-refractivity contribution in [2.75, 3.05) is 6.61 Å². The lowest BCUT2D eigenvalue weighted by atomic mass is 9.72. The molecule has 4 heteroatoms. The predicted molar refractivity (Wildman–Crippen MR) is 94.8 cm³/mol. The highest BCUT2D eigenvalue weighted by molar-refractivity contribution is 5.41. The summed E-state index contributed by atoms with van der Waals surface area (Å²) in [6, 6.07) is 5.13. The van der Waals surface area contributed by atoms with Gasteiger partial charge in [0.1, 0.15) is 0 Å². The van der Waals surface area contributed by atoms with E-state index in [9.17, 15) is 10.1 Å². The van der Waals surface area contributed by atoms with Crippen molar-refractivity contribution in [1.29, 1.82) is 0 Å². The van der Waals surface area contributed by atoms with Crippen molar-refractivity contribution in [2.45, 2.75) is 39.2 Å². The molecule has 3 rings (SSSR count). The molecule has 0 aromatic heterocycles. The minimum Gasteiger partial charge on any atom is -0.373 e. The fourth-order valence-electron chi connectivity index (χ4n) is 4.02. The molecule has 4 atom stereocenters. The van der Waals surface area contributed by atoms with Crippen LogP contribution in [0.3, 0.4) is 0 Å². The largest absolute Gasteiger partial charge is 0.373 e. The lowest BCUT2D eigenvalue weighted by Gasteiger charge is -2.39. The van der Waals surface area contributed by atoms with Crippen LogP contribution in [0.2, 0.25) is 0 Å². The zero-order chi connectivity index (χ0) is 17.1. The van der Waals surface area contributed by atoms with Gasteiger partial charge in [-0.25, -0.2) is 0 Å². The second-order valence-corrected chi connectivity index (χ2v) is 6.97. The van der Waals surface area contributed by atoms with Gasteiger partial charge in [-0.3, -0.25) is 10.1 Å². The summed E-state index contributed by atoms with van der Waals surface area (Å²) in [4.78, 5) is 10.8. The van der Waals surface area contributed by atoms with Gasteiger partial charge in [0, 0.05) is 18.7 Å². The van der Waals surface area contributed by atoms with Crippen molar-refractivity contribution < 1.29 is 9.66 Å². The number of rotatable bonds is 4. The van der Waals surface area contributed by atoms with Crippen LogP contribution in [0.5, 0.6) is 0 Å². The van der Waals surface area contributed by atoms with Crippen molar-refractivity contribution in [2.24, 2.45) is 17.8 Å². The highest BCUT2D eigenvalue weighted by Gasteiger charge is 2.35. The molecule has 0 spiro atoms. The standard InChI is InChI=1S/C20H25NO3/c1-14-10-11-17(21(22)23)13-19(14)20-18(9-6-12-24-20)15(2)16-7-4-3-5-8-16/h3-5,7,10-11,13,15-16,18,20H,6,8-9,12H2,1-2H3/t15-,16?,18-,20-/m0/s1. The summed E-state index contributed by atoms with van der Waals surface area (Å²) < 4.78 is 6.14. The summed E-state index contributed by atoms with van der Waals surface area (Å²) in [5, 5.41) is 11.2. The Bertz CT molecular complexity index is 665. The summed E-state index contributed by atoms with van der Waals surface area (Å²) in [5.74, 6) is 1.39. The van der Waals surface area contributed by atoms with Crippen LogP contribution < -0.4 is 0 Å². The van der Waals surface area contributed by atoms with Crippen LogP contribution in [0.4, 0.5) is 5.69 Å². The van der Waals surface area contributed by atoms with Crippen LogP contribution in [0.15, 0.2) is 42.5 Å². The third-order valence-corrected chi connectivity index (χ3v) is 5.51. The smallest absolute Gasteiger partial charge is 0.269 e. The Morgan fingerprint density at radius 3 is 2.88 bits per heavy atom. The number of hydrogen-bond donors (Lipinski definition) is 0. The average molecular weight is 327 g/mol. The summed E-state index contributed by atoms with van der Waals surface area (Å²) in [7, 11) is 0. The summed E-state index contributed by atoms with van der Waals surface area (Å²) >= 11 is 0. The van der Waals surface area contributed by atoms with E-state index in [0.717, 1.165) is 37.0 Å². The number of nitro benzene ring substituents is 1. The lowest BCUT2D eigenvalue weighted by molar-refractivity contribution is -0.385. The molecule has 1 aromatic rings. The molecule has 0 radical (unpaired) electrons. The van der Waals surface area contributed by atoms with Gasteiger partial charge in [-0.1, -0.05) is 37.3 Å². The Morgan fingerprint density at radius 1 is 1.33 bits per heavy atom. The Morgan fingerprint density at radius 2 is 2.17 bits per heavy atom. The van der Waals surface area contributed by atoms with Gasteiger partial charge < -0.3 is 4.74 Å². The molecule has 1 heterocycles. The van der Waals surface area contributed by atoms with Gasteiger partial charge in [0.25, 0.3) is 5.69 Å². The zero-order valence-corrected chi connectivity index (χ0v) is 14.4. The van der Waals surface area contributed by atoms with Crippen LogP contribution in [0, 0.1) is 34.8 Å². The van der Waals surface area contributed by atoms with E-state index in [-0.39, 0.29) is 16.7 Å². The third-order valence-electron chi connectivity index (χ3n) is 5.51. The maximum absolute atomic E-state index is 11.2. The third kappa shape index (κ3) is 3.44. The lowest BCUT2D eigenvalue weighted by Crippen LogP contribution is -2.31. The Hall–Kier alpha value is -1.94. The first-order valence-corrected chi connectivity index (χ1v) is 8.78. The number of non-ortho nitro benzene ring substituents is 1. The molecule has 2 aliphatic rings. The van der Waals surface area contributed by atoms with Gasteiger partial charge >= 0.3 is 0 Å². The van der Waals surface area contributed by atoms with E-state index < -0.39 is 0 Å². The Balaban J connectivity index is 1.89. The first-order valence-electron chi connectivity index (χ1n) is 8.78. The van der Waals surface area contributed by atoms with E-state index in [0.29, 0.717) is 17.8 Å². The highest BCUT2D eigenvalue weighted by atomic mass is 16.6. The first-order chi connectivity index (χ1) is 11.6. The van der Waals surface area contributed by atoms with Crippen molar-refractivity contribution in [3.8, 4) is 0 Å². The molecule has 0 N–H and O–H groups in total. The first kappa shape index (κ1) is 16.9.